The molecule has 2 amide bonds. The lowest BCUT2D eigenvalue weighted by Crippen LogP contribution is -2.50. The molecule has 2 rings (SSSR count). The van der Waals surface area contributed by atoms with Gasteiger partial charge in [0, 0.05) is 31.8 Å². The molecule has 2 aliphatic rings. The van der Waals surface area contributed by atoms with E-state index in [0.717, 1.165) is 31.6 Å². The van der Waals surface area contributed by atoms with Gasteiger partial charge in [0.15, 0.2) is 0 Å². The van der Waals surface area contributed by atoms with Gasteiger partial charge in [-0.25, -0.2) is 0 Å². The van der Waals surface area contributed by atoms with Crippen LogP contribution in [0.25, 0.3) is 0 Å². The fraction of sp³-hybridized carbons (Fsp3) is 0.714. The SMILES string of the molecule is C#CCSCCN1CCC(=O)N2CCCCC2C1=O. The van der Waals surface area contributed by atoms with Crippen LogP contribution in [0.4, 0.5) is 0 Å². The second-order valence-corrected chi connectivity index (χ2v) is 6.04. The molecule has 0 aromatic rings. The minimum absolute atomic E-state index is 0.131. The summed E-state index contributed by atoms with van der Waals surface area (Å²) in [6, 6.07) is -0.207. The molecule has 0 N–H and O–H groups in total. The minimum Gasteiger partial charge on any atom is -0.340 e. The highest BCUT2D eigenvalue weighted by atomic mass is 32.2. The van der Waals surface area contributed by atoms with Crippen molar-refractivity contribution in [3.05, 3.63) is 0 Å². The first-order valence-electron chi connectivity index (χ1n) is 6.83. The summed E-state index contributed by atoms with van der Waals surface area (Å²) >= 11 is 1.66. The normalized spacial score (nSPS) is 23.8. The Morgan fingerprint density at radius 2 is 2.16 bits per heavy atom. The number of piperidine rings is 1. The van der Waals surface area contributed by atoms with Crippen molar-refractivity contribution in [1.29, 1.82) is 0 Å². The first-order valence-corrected chi connectivity index (χ1v) is 7.99. The number of fused-ring (bicyclic) bond motifs is 1. The molecule has 2 fully saturated rings. The van der Waals surface area contributed by atoms with Crippen LogP contribution in [0.1, 0.15) is 25.7 Å². The van der Waals surface area contributed by atoms with Crippen molar-refractivity contribution in [3.63, 3.8) is 0 Å². The van der Waals surface area contributed by atoms with E-state index in [1.54, 1.807) is 16.7 Å². The van der Waals surface area contributed by atoms with E-state index in [-0.39, 0.29) is 17.9 Å². The fourth-order valence-electron chi connectivity index (χ4n) is 2.71. The number of nitrogens with zero attached hydrogens (tertiary/aromatic N) is 2. The zero-order valence-electron chi connectivity index (χ0n) is 11.1. The molecule has 2 aliphatic heterocycles. The molecule has 0 aliphatic carbocycles. The van der Waals surface area contributed by atoms with Crippen LogP contribution in [0.15, 0.2) is 0 Å². The van der Waals surface area contributed by atoms with E-state index >= 15 is 0 Å². The molecule has 0 bridgehead atoms. The van der Waals surface area contributed by atoms with Crippen LogP contribution in [0.5, 0.6) is 0 Å². The molecule has 1 atom stereocenters. The molecule has 0 radical (unpaired) electrons. The summed E-state index contributed by atoms with van der Waals surface area (Å²) in [5, 5.41) is 0. The summed E-state index contributed by atoms with van der Waals surface area (Å²) in [7, 11) is 0. The number of hydrogen-bond acceptors (Lipinski definition) is 3. The number of thioether (sulfide) groups is 1. The smallest absolute Gasteiger partial charge is 0.245 e. The third-order valence-corrected chi connectivity index (χ3v) is 4.55. The number of rotatable bonds is 4. The highest BCUT2D eigenvalue weighted by molar-refractivity contribution is 7.99. The van der Waals surface area contributed by atoms with Gasteiger partial charge in [-0.2, -0.15) is 0 Å². The summed E-state index contributed by atoms with van der Waals surface area (Å²) < 4.78 is 0. The van der Waals surface area contributed by atoms with Gasteiger partial charge in [-0.1, -0.05) is 5.92 Å². The van der Waals surface area contributed by atoms with Gasteiger partial charge in [0.25, 0.3) is 0 Å². The second kappa shape index (κ2) is 6.85. The highest BCUT2D eigenvalue weighted by Gasteiger charge is 2.37. The molecule has 19 heavy (non-hydrogen) atoms. The molecule has 4 nitrogen and oxygen atoms in total. The summed E-state index contributed by atoms with van der Waals surface area (Å²) in [6.45, 7) is 2.00. The van der Waals surface area contributed by atoms with Crippen molar-refractivity contribution in [1.82, 2.24) is 9.80 Å². The first kappa shape index (κ1) is 14.3. The minimum atomic E-state index is -0.207. The Labute approximate surface area is 118 Å². The van der Waals surface area contributed by atoms with E-state index < -0.39 is 0 Å². The Balaban J connectivity index is 1.96. The number of carbonyl (C=O) groups excluding carboxylic acids is 2. The van der Waals surface area contributed by atoms with E-state index in [2.05, 4.69) is 5.92 Å². The van der Waals surface area contributed by atoms with Crippen molar-refractivity contribution in [3.8, 4) is 12.3 Å². The number of hydrogen-bond donors (Lipinski definition) is 0. The van der Waals surface area contributed by atoms with Crippen molar-refractivity contribution < 1.29 is 9.59 Å². The van der Waals surface area contributed by atoms with Crippen LogP contribution in [-0.2, 0) is 9.59 Å². The average molecular weight is 280 g/mol. The van der Waals surface area contributed by atoms with Gasteiger partial charge in [0.1, 0.15) is 6.04 Å². The molecular formula is C14H20N2O2S. The molecule has 2 heterocycles. The Morgan fingerprint density at radius 1 is 1.32 bits per heavy atom. The van der Waals surface area contributed by atoms with Crippen LogP contribution >= 0.6 is 11.8 Å². The van der Waals surface area contributed by atoms with Gasteiger partial charge in [0.05, 0.1) is 5.75 Å². The highest BCUT2D eigenvalue weighted by Crippen LogP contribution is 2.23. The summed E-state index contributed by atoms with van der Waals surface area (Å²) in [4.78, 5) is 28.1. The largest absolute Gasteiger partial charge is 0.340 e. The topological polar surface area (TPSA) is 40.6 Å². The second-order valence-electron chi connectivity index (χ2n) is 4.93. The molecule has 0 saturated carbocycles. The van der Waals surface area contributed by atoms with Gasteiger partial charge in [0.2, 0.25) is 11.8 Å². The van der Waals surface area contributed by atoms with Gasteiger partial charge in [-0.15, -0.1) is 18.2 Å². The third-order valence-electron chi connectivity index (χ3n) is 3.71. The van der Waals surface area contributed by atoms with Gasteiger partial charge < -0.3 is 9.80 Å². The number of amides is 2. The monoisotopic (exact) mass is 280 g/mol. The van der Waals surface area contributed by atoms with Gasteiger partial charge >= 0.3 is 0 Å². The van der Waals surface area contributed by atoms with E-state index in [1.807, 2.05) is 4.90 Å². The predicted octanol–water partition coefficient (Wildman–Crippen LogP) is 0.966. The van der Waals surface area contributed by atoms with E-state index in [0.29, 0.717) is 25.3 Å². The van der Waals surface area contributed by atoms with Crippen LogP contribution in [-0.4, -0.2) is 58.8 Å². The van der Waals surface area contributed by atoms with Gasteiger partial charge in [-0.05, 0) is 19.3 Å². The molecule has 0 spiro atoms. The molecule has 0 aromatic carbocycles. The average Bonchev–Trinajstić information content (AvgIpc) is 2.56. The lowest BCUT2D eigenvalue weighted by Gasteiger charge is -2.34. The number of terminal acetylenes is 1. The Kier molecular flexibility index (Phi) is 5.15. The molecule has 104 valence electrons. The van der Waals surface area contributed by atoms with Crippen LogP contribution in [0.2, 0.25) is 0 Å². The van der Waals surface area contributed by atoms with Crippen LogP contribution in [0.3, 0.4) is 0 Å². The molecular weight excluding hydrogens is 260 g/mol. The molecule has 1 unspecified atom stereocenters. The van der Waals surface area contributed by atoms with Crippen molar-refractivity contribution in [2.24, 2.45) is 0 Å². The zero-order chi connectivity index (χ0) is 13.7. The lowest BCUT2D eigenvalue weighted by atomic mass is 10.0. The van der Waals surface area contributed by atoms with Gasteiger partial charge in [-0.3, -0.25) is 9.59 Å². The summed E-state index contributed by atoms with van der Waals surface area (Å²) in [5.74, 6) is 4.37. The Hall–Kier alpha value is -1.15. The van der Waals surface area contributed by atoms with E-state index in [1.165, 1.54) is 0 Å². The molecule has 5 heteroatoms. The fourth-order valence-corrected chi connectivity index (χ4v) is 3.32. The third kappa shape index (κ3) is 3.44. The summed E-state index contributed by atoms with van der Waals surface area (Å²) in [5.41, 5.74) is 0. The zero-order valence-corrected chi connectivity index (χ0v) is 12.0. The van der Waals surface area contributed by atoms with E-state index in [4.69, 9.17) is 6.42 Å². The van der Waals surface area contributed by atoms with E-state index in [9.17, 15) is 9.59 Å². The standard InChI is InChI=1S/C14H20N2O2S/c1-2-10-19-11-9-15-8-6-13(17)16-7-4-3-5-12(16)14(15)18/h1,12H,3-11H2. The van der Waals surface area contributed by atoms with Crippen molar-refractivity contribution >= 4 is 23.6 Å². The van der Waals surface area contributed by atoms with Crippen LogP contribution < -0.4 is 0 Å². The molecule has 0 aromatic heterocycles. The lowest BCUT2D eigenvalue weighted by molar-refractivity contribution is -0.142. The Bertz CT molecular complexity index is 391. The van der Waals surface area contributed by atoms with Crippen LogP contribution in [0, 0.1) is 12.3 Å². The van der Waals surface area contributed by atoms with Crippen molar-refractivity contribution in [2.75, 3.05) is 31.1 Å². The molecule has 2 saturated heterocycles. The van der Waals surface area contributed by atoms with Crippen molar-refractivity contribution in [2.45, 2.75) is 31.7 Å². The predicted molar refractivity (Wildman–Crippen MR) is 76.7 cm³/mol. The maximum Gasteiger partial charge on any atom is 0.245 e. The number of carbonyl (C=O) groups is 2. The maximum absolute atomic E-state index is 12.5. The first-order chi connectivity index (χ1) is 9.24. The quantitative estimate of drug-likeness (QED) is 0.569. The summed E-state index contributed by atoms with van der Waals surface area (Å²) in [6.07, 6.45) is 8.54. The Morgan fingerprint density at radius 3 is 2.95 bits per heavy atom. The maximum atomic E-state index is 12.5.